The van der Waals surface area contributed by atoms with Crippen molar-refractivity contribution >= 4 is 28.8 Å². The number of fused-ring (bicyclic) bond motifs is 2. The van der Waals surface area contributed by atoms with Gasteiger partial charge in [-0.1, -0.05) is 29.8 Å². The topological polar surface area (TPSA) is 49.3 Å². The first-order valence-corrected chi connectivity index (χ1v) is 8.51. The quantitative estimate of drug-likeness (QED) is 0.675. The van der Waals surface area contributed by atoms with Gasteiger partial charge < -0.3 is 10.4 Å². The van der Waals surface area contributed by atoms with Crippen LogP contribution in [0, 0.1) is 0 Å². The van der Waals surface area contributed by atoms with Gasteiger partial charge in [-0.15, -0.1) is 0 Å². The van der Waals surface area contributed by atoms with Crippen molar-refractivity contribution in [2.75, 3.05) is 5.32 Å². The van der Waals surface area contributed by atoms with Crippen LogP contribution in [0.5, 0.6) is 5.75 Å². The highest BCUT2D eigenvalue weighted by atomic mass is 35.5. The third kappa shape index (κ3) is 2.99. The fourth-order valence-corrected chi connectivity index (χ4v) is 3.41. The van der Waals surface area contributed by atoms with Gasteiger partial charge in [0.1, 0.15) is 5.75 Å². The number of hydrogen-bond donors (Lipinski definition) is 2. The molecule has 0 unspecified atom stereocenters. The van der Waals surface area contributed by atoms with Crippen LogP contribution < -0.4 is 5.32 Å². The zero-order chi connectivity index (χ0) is 17.4. The van der Waals surface area contributed by atoms with Crippen LogP contribution in [-0.2, 0) is 12.8 Å². The number of ketones is 1. The number of phenolic OH excluding ortho intramolecular Hbond substituents is 1. The Hall–Kier alpha value is -2.78. The Balaban J connectivity index is 1.70. The van der Waals surface area contributed by atoms with E-state index in [-0.39, 0.29) is 11.5 Å². The van der Waals surface area contributed by atoms with Crippen LogP contribution in [-0.4, -0.2) is 10.9 Å². The SMILES string of the molecule is O=C1c2ccc(Nc3ccccc3Cl)cc2CCc2ccc(O)cc21. The first-order chi connectivity index (χ1) is 12.1. The van der Waals surface area contributed by atoms with Gasteiger partial charge in [-0.05, 0) is 66.4 Å². The largest absolute Gasteiger partial charge is 0.508 e. The normalized spacial score (nSPS) is 12.9. The molecule has 0 spiro atoms. The molecule has 124 valence electrons. The fourth-order valence-electron chi connectivity index (χ4n) is 3.23. The number of anilines is 2. The van der Waals surface area contributed by atoms with E-state index >= 15 is 0 Å². The number of para-hydroxylation sites is 1. The maximum absolute atomic E-state index is 12.9. The van der Waals surface area contributed by atoms with Crippen LogP contribution >= 0.6 is 11.6 Å². The molecule has 2 N–H and O–H groups in total. The number of halogens is 1. The van der Waals surface area contributed by atoms with E-state index in [1.165, 1.54) is 0 Å². The van der Waals surface area contributed by atoms with Crippen LogP contribution in [0.1, 0.15) is 27.0 Å². The highest BCUT2D eigenvalue weighted by molar-refractivity contribution is 6.33. The van der Waals surface area contributed by atoms with Crippen LogP contribution in [0.25, 0.3) is 0 Å². The van der Waals surface area contributed by atoms with E-state index in [0.29, 0.717) is 16.1 Å². The Morgan fingerprint density at radius 1 is 0.880 bits per heavy atom. The van der Waals surface area contributed by atoms with Gasteiger partial charge in [0.05, 0.1) is 10.7 Å². The van der Waals surface area contributed by atoms with E-state index in [0.717, 1.165) is 35.3 Å². The summed E-state index contributed by atoms with van der Waals surface area (Å²) < 4.78 is 0. The van der Waals surface area contributed by atoms with Gasteiger partial charge in [0.25, 0.3) is 0 Å². The van der Waals surface area contributed by atoms with Crippen molar-refractivity contribution in [1.82, 2.24) is 0 Å². The molecule has 0 saturated heterocycles. The van der Waals surface area contributed by atoms with Crippen molar-refractivity contribution in [3.63, 3.8) is 0 Å². The van der Waals surface area contributed by atoms with Gasteiger partial charge in [0, 0.05) is 16.8 Å². The average Bonchev–Trinajstić information content (AvgIpc) is 2.74. The van der Waals surface area contributed by atoms with Crippen molar-refractivity contribution in [2.45, 2.75) is 12.8 Å². The van der Waals surface area contributed by atoms with E-state index in [9.17, 15) is 9.90 Å². The number of aromatic hydroxyl groups is 1. The number of aryl methyl sites for hydroxylation is 2. The molecule has 0 radical (unpaired) electrons. The molecule has 1 aliphatic carbocycles. The highest BCUT2D eigenvalue weighted by Gasteiger charge is 2.21. The summed E-state index contributed by atoms with van der Waals surface area (Å²) >= 11 is 6.20. The van der Waals surface area contributed by atoms with E-state index in [2.05, 4.69) is 5.32 Å². The lowest BCUT2D eigenvalue weighted by molar-refractivity contribution is 0.103. The maximum Gasteiger partial charge on any atom is 0.193 e. The molecule has 0 saturated carbocycles. The molecule has 0 atom stereocenters. The molecule has 0 heterocycles. The molecule has 25 heavy (non-hydrogen) atoms. The smallest absolute Gasteiger partial charge is 0.193 e. The Kier molecular flexibility index (Phi) is 3.94. The summed E-state index contributed by atoms with van der Waals surface area (Å²) in [6.07, 6.45) is 1.54. The number of phenols is 1. The molecule has 3 aromatic carbocycles. The fraction of sp³-hybridized carbons (Fsp3) is 0.0952. The summed E-state index contributed by atoms with van der Waals surface area (Å²) in [4.78, 5) is 12.9. The van der Waals surface area contributed by atoms with Crippen molar-refractivity contribution in [2.24, 2.45) is 0 Å². The predicted octanol–water partition coefficient (Wildman–Crippen LogP) is 5.12. The molecule has 4 rings (SSSR count). The van der Waals surface area contributed by atoms with Crippen molar-refractivity contribution < 1.29 is 9.90 Å². The Labute approximate surface area is 150 Å². The van der Waals surface area contributed by atoms with E-state index in [1.807, 2.05) is 48.5 Å². The lowest BCUT2D eigenvalue weighted by atomic mass is 9.98. The summed E-state index contributed by atoms with van der Waals surface area (Å²) in [5.41, 5.74) is 4.97. The van der Waals surface area contributed by atoms with Gasteiger partial charge in [0.15, 0.2) is 5.78 Å². The maximum atomic E-state index is 12.9. The van der Waals surface area contributed by atoms with Crippen molar-refractivity contribution in [3.8, 4) is 5.75 Å². The van der Waals surface area contributed by atoms with Crippen LogP contribution in [0.3, 0.4) is 0 Å². The zero-order valence-corrected chi connectivity index (χ0v) is 14.2. The van der Waals surface area contributed by atoms with Crippen molar-refractivity contribution in [1.29, 1.82) is 0 Å². The molecule has 3 nitrogen and oxygen atoms in total. The zero-order valence-electron chi connectivity index (χ0n) is 13.4. The summed E-state index contributed by atoms with van der Waals surface area (Å²) in [6, 6.07) is 18.3. The number of rotatable bonds is 2. The monoisotopic (exact) mass is 349 g/mol. The highest BCUT2D eigenvalue weighted by Crippen LogP contribution is 2.30. The minimum absolute atomic E-state index is 0.0392. The van der Waals surface area contributed by atoms with E-state index in [1.54, 1.807) is 12.1 Å². The van der Waals surface area contributed by atoms with Crippen LogP contribution in [0.15, 0.2) is 60.7 Å². The molecule has 0 aromatic heterocycles. The molecule has 4 heteroatoms. The standard InChI is InChI=1S/C21H16ClNO2/c22-19-3-1-2-4-20(19)23-15-8-10-17-14(11-15)6-5-13-7-9-16(24)12-18(13)21(17)25/h1-4,7-12,23-24H,5-6H2. The average molecular weight is 350 g/mol. The van der Waals surface area contributed by atoms with Gasteiger partial charge in [0.2, 0.25) is 0 Å². The lowest BCUT2D eigenvalue weighted by Crippen LogP contribution is -2.04. The minimum Gasteiger partial charge on any atom is -0.508 e. The Morgan fingerprint density at radius 3 is 2.52 bits per heavy atom. The van der Waals surface area contributed by atoms with E-state index in [4.69, 9.17) is 11.6 Å². The summed E-state index contributed by atoms with van der Waals surface area (Å²) in [5.74, 6) is 0.0789. The third-order valence-electron chi connectivity index (χ3n) is 4.50. The summed E-state index contributed by atoms with van der Waals surface area (Å²) in [6.45, 7) is 0. The minimum atomic E-state index is -0.0392. The first kappa shape index (κ1) is 15.7. The first-order valence-electron chi connectivity index (χ1n) is 8.13. The summed E-state index contributed by atoms with van der Waals surface area (Å²) in [7, 11) is 0. The molecule has 1 aliphatic rings. The number of hydrogen-bond acceptors (Lipinski definition) is 3. The molecular formula is C21H16ClNO2. The van der Waals surface area contributed by atoms with Gasteiger partial charge in [-0.3, -0.25) is 4.79 Å². The van der Waals surface area contributed by atoms with Gasteiger partial charge in [-0.2, -0.15) is 0 Å². The van der Waals surface area contributed by atoms with Gasteiger partial charge >= 0.3 is 0 Å². The molecular weight excluding hydrogens is 334 g/mol. The number of carbonyl (C=O) groups is 1. The molecule has 0 fully saturated rings. The third-order valence-corrected chi connectivity index (χ3v) is 4.83. The van der Waals surface area contributed by atoms with Crippen molar-refractivity contribution in [3.05, 3.63) is 87.9 Å². The molecule has 3 aromatic rings. The Morgan fingerprint density at radius 2 is 1.68 bits per heavy atom. The van der Waals surface area contributed by atoms with Gasteiger partial charge in [-0.25, -0.2) is 0 Å². The molecule has 0 bridgehead atoms. The summed E-state index contributed by atoms with van der Waals surface area (Å²) in [5, 5.41) is 13.7. The lowest BCUT2D eigenvalue weighted by Gasteiger charge is -2.11. The van der Waals surface area contributed by atoms with Crippen LogP contribution in [0.4, 0.5) is 11.4 Å². The van der Waals surface area contributed by atoms with E-state index < -0.39 is 0 Å². The number of benzene rings is 3. The second-order valence-electron chi connectivity index (χ2n) is 6.15. The predicted molar refractivity (Wildman–Crippen MR) is 100 cm³/mol. The number of nitrogens with one attached hydrogen (secondary N) is 1. The molecule has 0 amide bonds. The second-order valence-corrected chi connectivity index (χ2v) is 6.55. The Bertz CT molecular complexity index is 981. The molecule has 0 aliphatic heterocycles. The second kappa shape index (κ2) is 6.26. The van der Waals surface area contributed by atoms with Crippen LogP contribution in [0.2, 0.25) is 5.02 Å². The number of carbonyl (C=O) groups excluding carboxylic acids is 1.